The van der Waals surface area contributed by atoms with Crippen LogP contribution in [0.5, 0.6) is 0 Å². The smallest absolute Gasteiger partial charge is 0.320 e. The van der Waals surface area contributed by atoms with Gasteiger partial charge in [-0.25, -0.2) is 0 Å². The second-order valence-electron chi connectivity index (χ2n) is 4.37. The third kappa shape index (κ3) is 2.81. The van der Waals surface area contributed by atoms with Crippen LogP contribution in [0, 0.1) is 5.92 Å². The fraction of sp³-hybridized carbons (Fsp3) is 0.750. The van der Waals surface area contributed by atoms with Crippen LogP contribution < -0.4 is 0 Å². The zero-order chi connectivity index (χ0) is 11.4. The van der Waals surface area contributed by atoms with Gasteiger partial charge >= 0.3 is 5.97 Å². The summed E-state index contributed by atoms with van der Waals surface area (Å²) in [5.74, 6) is -0.124. The number of nitrogens with zero attached hydrogens (tertiary/aromatic N) is 1. The first-order chi connectivity index (χ1) is 7.10. The van der Waals surface area contributed by atoms with Gasteiger partial charge in [-0.3, -0.25) is 9.69 Å². The highest BCUT2D eigenvalue weighted by molar-refractivity contribution is 5.73. The Morgan fingerprint density at radius 2 is 2.40 bits per heavy atom. The van der Waals surface area contributed by atoms with E-state index in [1.807, 2.05) is 17.9 Å². The highest BCUT2D eigenvalue weighted by atomic mass is 16.4. The van der Waals surface area contributed by atoms with E-state index in [-0.39, 0.29) is 12.1 Å². The third-order valence-corrected chi connectivity index (χ3v) is 3.48. The molecule has 1 heterocycles. The van der Waals surface area contributed by atoms with Gasteiger partial charge in [-0.05, 0) is 32.2 Å². The van der Waals surface area contributed by atoms with Crippen LogP contribution in [0.2, 0.25) is 0 Å². The van der Waals surface area contributed by atoms with Crippen molar-refractivity contribution < 1.29 is 9.90 Å². The molecule has 0 spiro atoms. The van der Waals surface area contributed by atoms with Crippen molar-refractivity contribution in [1.82, 2.24) is 4.90 Å². The number of piperidine rings is 1. The number of carbonyl (C=O) groups is 1. The average Bonchev–Trinajstić information content (AvgIpc) is 2.27. The lowest BCUT2D eigenvalue weighted by Crippen LogP contribution is -2.50. The molecule has 86 valence electrons. The van der Waals surface area contributed by atoms with E-state index in [0.29, 0.717) is 5.92 Å². The zero-order valence-corrected chi connectivity index (χ0v) is 9.65. The molecule has 1 fully saturated rings. The minimum absolute atomic E-state index is 0.156. The summed E-state index contributed by atoms with van der Waals surface area (Å²) in [6.45, 7) is 8.76. The zero-order valence-electron chi connectivity index (χ0n) is 9.65. The molecular weight excluding hydrogens is 190 g/mol. The summed E-state index contributed by atoms with van der Waals surface area (Å²) in [7, 11) is 0. The van der Waals surface area contributed by atoms with Crippen LogP contribution in [0.1, 0.15) is 33.1 Å². The van der Waals surface area contributed by atoms with Crippen LogP contribution in [0.3, 0.4) is 0 Å². The normalized spacial score (nSPS) is 29.7. The maximum atomic E-state index is 11.2. The first-order valence-corrected chi connectivity index (χ1v) is 5.71. The number of carboxylic acid groups (broad SMARTS) is 1. The Bertz CT molecular complexity index is 240. The van der Waals surface area contributed by atoms with Crippen molar-refractivity contribution in [1.29, 1.82) is 0 Å². The molecule has 1 rings (SSSR count). The lowest BCUT2D eigenvalue weighted by molar-refractivity contribution is -0.146. The summed E-state index contributed by atoms with van der Waals surface area (Å²) in [5, 5.41) is 9.19. The summed E-state index contributed by atoms with van der Waals surface area (Å²) in [4.78, 5) is 13.2. The number of aliphatic carboxylic acids is 1. The van der Waals surface area contributed by atoms with Crippen molar-refractivity contribution in [3.63, 3.8) is 0 Å². The Balaban J connectivity index is 2.71. The molecule has 1 saturated heterocycles. The summed E-state index contributed by atoms with van der Waals surface area (Å²) < 4.78 is 0. The molecule has 1 aliphatic heterocycles. The second-order valence-corrected chi connectivity index (χ2v) is 4.37. The minimum atomic E-state index is -0.693. The van der Waals surface area contributed by atoms with Gasteiger partial charge in [0.15, 0.2) is 0 Å². The van der Waals surface area contributed by atoms with E-state index in [1.165, 1.54) is 0 Å². The summed E-state index contributed by atoms with van der Waals surface area (Å²) in [5.41, 5.74) is 0. The first kappa shape index (κ1) is 12.2. The number of likely N-dealkylation sites (tertiary alicyclic amines) is 1. The quantitative estimate of drug-likeness (QED) is 0.724. The molecule has 0 radical (unpaired) electrons. The molecule has 0 amide bonds. The van der Waals surface area contributed by atoms with Gasteiger partial charge in [0, 0.05) is 6.04 Å². The molecule has 3 atom stereocenters. The Morgan fingerprint density at radius 3 is 2.87 bits per heavy atom. The van der Waals surface area contributed by atoms with Crippen LogP contribution >= 0.6 is 0 Å². The van der Waals surface area contributed by atoms with E-state index < -0.39 is 5.97 Å². The van der Waals surface area contributed by atoms with Crippen molar-refractivity contribution in [2.75, 3.05) is 6.54 Å². The molecule has 0 saturated carbocycles. The van der Waals surface area contributed by atoms with Crippen molar-refractivity contribution in [3.05, 3.63) is 12.7 Å². The second kappa shape index (κ2) is 5.31. The van der Waals surface area contributed by atoms with Crippen molar-refractivity contribution in [2.24, 2.45) is 5.92 Å². The molecular formula is C12H21NO2. The summed E-state index contributed by atoms with van der Waals surface area (Å²) in [6, 6.07) is -0.166. The monoisotopic (exact) mass is 211 g/mol. The lowest BCUT2D eigenvalue weighted by Gasteiger charge is -2.39. The van der Waals surface area contributed by atoms with E-state index in [1.54, 1.807) is 0 Å². The molecule has 0 aromatic heterocycles. The number of carboxylic acids is 1. The molecule has 3 heteroatoms. The Morgan fingerprint density at radius 1 is 1.73 bits per heavy atom. The van der Waals surface area contributed by atoms with E-state index in [2.05, 4.69) is 13.5 Å². The molecule has 0 bridgehead atoms. The van der Waals surface area contributed by atoms with Crippen molar-refractivity contribution >= 4 is 5.97 Å². The number of rotatable bonds is 4. The SMILES string of the molecule is C=CC(C)N1CCC(CC)CC1C(=O)O. The summed E-state index contributed by atoms with van der Waals surface area (Å²) in [6.07, 6.45) is 4.80. The molecule has 1 N–H and O–H groups in total. The Hall–Kier alpha value is -0.830. The highest BCUT2D eigenvalue weighted by Gasteiger charge is 2.34. The Labute approximate surface area is 91.8 Å². The largest absolute Gasteiger partial charge is 0.480 e. The van der Waals surface area contributed by atoms with E-state index in [9.17, 15) is 9.90 Å². The Kier molecular flexibility index (Phi) is 4.33. The molecule has 1 aliphatic rings. The predicted octanol–water partition coefficient (Wildman–Crippen LogP) is 2.14. The van der Waals surface area contributed by atoms with Gasteiger partial charge in [-0.1, -0.05) is 19.4 Å². The van der Waals surface area contributed by atoms with Crippen LogP contribution in [0.4, 0.5) is 0 Å². The van der Waals surface area contributed by atoms with Gasteiger partial charge in [-0.15, -0.1) is 6.58 Å². The van der Waals surface area contributed by atoms with Crippen molar-refractivity contribution in [2.45, 2.75) is 45.2 Å². The van der Waals surface area contributed by atoms with Crippen LogP contribution in [-0.2, 0) is 4.79 Å². The van der Waals surface area contributed by atoms with Crippen LogP contribution in [0.15, 0.2) is 12.7 Å². The maximum absolute atomic E-state index is 11.2. The van der Waals surface area contributed by atoms with Gasteiger partial charge < -0.3 is 5.11 Å². The van der Waals surface area contributed by atoms with E-state index >= 15 is 0 Å². The standard InChI is InChI=1S/C12H21NO2/c1-4-9(3)13-7-6-10(5-2)8-11(13)12(14)15/h4,9-11H,1,5-8H2,2-3H3,(H,14,15). The fourth-order valence-electron chi connectivity index (χ4n) is 2.29. The van der Waals surface area contributed by atoms with E-state index in [0.717, 1.165) is 25.8 Å². The molecule has 0 aliphatic carbocycles. The van der Waals surface area contributed by atoms with Crippen LogP contribution in [0.25, 0.3) is 0 Å². The minimum Gasteiger partial charge on any atom is -0.480 e. The molecule has 0 aromatic rings. The lowest BCUT2D eigenvalue weighted by atomic mass is 9.88. The molecule has 3 nitrogen and oxygen atoms in total. The topological polar surface area (TPSA) is 40.5 Å². The molecule has 15 heavy (non-hydrogen) atoms. The fourth-order valence-corrected chi connectivity index (χ4v) is 2.29. The average molecular weight is 211 g/mol. The van der Waals surface area contributed by atoms with Gasteiger partial charge in [-0.2, -0.15) is 0 Å². The van der Waals surface area contributed by atoms with Gasteiger partial charge in [0.1, 0.15) is 6.04 Å². The van der Waals surface area contributed by atoms with E-state index in [4.69, 9.17) is 0 Å². The van der Waals surface area contributed by atoms with Gasteiger partial charge in [0.25, 0.3) is 0 Å². The third-order valence-electron chi connectivity index (χ3n) is 3.48. The maximum Gasteiger partial charge on any atom is 0.320 e. The van der Waals surface area contributed by atoms with Crippen LogP contribution in [-0.4, -0.2) is 34.6 Å². The van der Waals surface area contributed by atoms with Crippen molar-refractivity contribution in [3.8, 4) is 0 Å². The summed E-state index contributed by atoms with van der Waals surface area (Å²) >= 11 is 0. The van der Waals surface area contributed by atoms with Gasteiger partial charge in [0.2, 0.25) is 0 Å². The highest BCUT2D eigenvalue weighted by Crippen LogP contribution is 2.27. The first-order valence-electron chi connectivity index (χ1n) is 5.71. The predicted molar refractivity (Wildman–Crippen MR) is 60.8 cm³/mol. The number of hydrogen-bond donors (Lipinski definition) is 1. The molecule has 0 aromatic carbocycles. The number of hydrogen-bond acceptors (Lipinski definition) is 2. The molecule has 3 unspecified atom stereocenters. The van der Waals surface area contributed by atoms with Gasteiger partial charge in [0.05, 0.1) is 0 Å².